The van der Waals surface area contributed by atoms with Crippen LogP contribution in [0.4, 0.5) is 20.5 Å². The van der Waals surface area contributed by atoms with E-state index in [0.717, 1.165) is 33.8 Å². The van der Waals surface area contributed by atoms with Crippen molar-refractivity contribution in [2.75, 3.05) is 44.0 Å². The first-order chi connectivity index (χ1) is 17.7. The summed E-state index contributed by atoms with van der Waals surface area (Å²) in [6.45, 7) is 7.52. The van der Waals surface area contributed by atoms with E-state index < -0.39 is 12.0 Å². The number of halogens is 2. The number of imidazole rings is 1. The minimum atomic E-state index is -2.91. The number of nitrogens with zero attached hydrogens (tertiary/aromatic N) is 7. The minimum absolute atomic E-state index is 0.0875. The molecule has 6 heterocycles. The maximum absolute atomic E-state index is 15.0. The Kier molecular flexibility index (Phi) is 5.75. The fourth-order valence-corrected chi connectivity index (χ4v) is 5.37. The lowest BCUT2D eigenvalue weighted by Crippen LogP contribution is -2.61. The van der Waals surface area contributed by atoms with Crippen LogP contribution in [-0.2, 0) is 4.74 Å². The lowest BCUT2D eigenvalue weighted by molar-refractivity contribution is -0.131. The second-order valence-electron chi connectivity index (χ2n) is 10.1. The maximum Gasteiger partial charge on any atom is 0.280 e. The largest absolute Gasteiger partial charge is 0.378 e. The number of fused-ring (bicyclic) bond motifs is 2. The van der Waals surface area contributed by atoms with Gasteiger partial charge in [-0.2, -0.15) is 4.98 Å². The van der Waals surface area contributed by atoms with Crippen LogP contribution in [0, 0.1) is 6.92 Å². The molecule has 6 rings (SSSR count). The van der Waals surface area contributed by atoms with Crippen LogP contribution in [0.1, 0.15) is 32.1 Å². The predicted octanol–water partition coefficient (Wildman–Crippen LogP) is 3.59. The molecule has 0 bridgehead atoms. The molecule has 1 atom stereocenters. The third-order valence-corrected chi connectivity index (χ3v) is 7.32. The van der Waals surface area contributed by atoms with E-state index in [1.54, 1.807) is 17.8 Å². The van der Waals surface area contributed by atoms with E-state index >= 15 is 8.78 Å². The van der Waals surface area contributed by atoms with Crippen molar-refractivity contribution in [1.29, 1.82) is 0 Å². The highest BCUT2D eigenvalue weighted by atomic mass is 19.3. The molecule has 0 spiro atoms. The zero-order valence-corrected chi connectivity index (χ0v) is 21.4. The van der Waals surface area contributed by atoms with Crippen LogP contribution >= 0.6 is 0 Å². The van der Waals surface area contributed by atoms with E-state index in [0.29, 0.717) is 32.0 Å². The molecule has 0 aliphatic carbocycles. The van der Waals surface area contributed by atoms with E-state index in [4.69, 9.17) is 9.72 Å². The van der Waals surface area contributed by atoms with Gasteiger partial charge in [0.2, 0.25) is 5.95 Å². The summed E-state index contributed by atoms with van der Waals surface area (Å²) in [4.78, 5) is 15.9. The molecule has 10 nitrogen and oxygen atoms in total. The van der Waals surface area contributed by atoms with Crippen molar-refractivity contribution in [3.8, 4) is 11.3 Å². The van der Waals surface area contributed by atoms with Gasteiger partial charge in [0.25, 0.3) is 5.92 Å². The molecule has 4 aromatic rings. The predicted molar refractivity (Wildman–Crippen MR) is 137 cm³/mol. The summed E-state index contributed by atoms with van der Waals surface area (Å²) in [6.07, 6.45) is 2.09. The van der Waals surface area contributed by atoms with Crippen molar-refractivity contribution in [3.63, 3.8) is 0 Å². The molecule has 2 N–H and O–H groups in total. The molecule has 196 valence electrons. The molecule has 2 saturated heterocycles. The van der Waals surface area contributed by atoms with Gasteiger partial charge in [-0.05, 0) is 45.4 Å². The van der Waals surface area contributed by atoms with Gasteiger partial charge < -0.3 is 19.9 Å². The average molecular weight is 512 g/mol. The van der Waals surface area contributed by atoms with Crippen molar-refractivity contribution < 1.29 is 13.5 Å². The Morgan fingerprint density at radius 2 is 1.95 bits per heavy atom. The summed E-state index contributed by atoms with van der Waals surface area (Å²) in [5.41, 5.74) is 3.98. The number of piperidine rings is 1. The van der Waals surface area contributed by atoms with Crippen LogP contribution in [0.25, 0.3) is 27.9 Å². The van der Waals surface area contributed by atoms with Crippen LogP contribution in [0.15, 0.2) is 24.4 Å². The molecule has 0 amide bonds. The molecule has 4 aromatic heterocycles. The number of pyridine rings is 1. The number of aryl methyl sites for hydroxylation is 1. The van der Waals surface area contributed by atoms with E-state index in [1.807, 2.05) is 30.0 Å². The zero-order chi connectivity index (χ0) is 25.9. The quantitative estimate of drug-likeness (QED) is 0.405. The monoisotopic (exact) mass is 511 g/mol. The van der Waals surface area contributed by atoms with Crippen LogP contribution < -0.4 is 10.6 Å². The summed E-state index contributed by atoms with van der Waals surface area (Å²) in [6, 6.07) is 5.07. The fraction of sp³-hybridized carbons (Fsp3) is 0.520. The molecular formula is C25H31F2N9O. The molecule has 0 saturated carbocycles. The Balaban J connectivity index is 1.32. The van der Waals surface area contributed by atoms with E-state index in [1.165, 1.54) is 0 Å². The number of rotatable bonds is 6. The lowest BCUT2D eigenvalue weighted by atomic mass is 9.98. The molecule has 37 heavy (non-hydrogen) atoms. The first-order valence-electron chi connectivity index (χ1n) is 12.6. The normalized spacial score (nSPS) is 20.6. The molecule has 12 heteroatoms. The standard InChI is InChI=1S/C25H31F2N9O/c1-14(2)36-15(3)29-19-6-5-18(30-23(19)36)17-7-10-35-21(17)22(28-4)32-24(33-35)31-20-8-9-34(13-25(20,26)27)16-11-37-12-16/h5-7,10,14,16,20H,8-9,11-13H2,1-4H3,(H2,28,31,32,33)/t20-/m0/s1. The van der Waals surface area contributed by atoms with Gasteiger partial charge in [-0.15, -0.1) is 5.10 Å². The van der Waals surface area contributed by atoms with Gasteiger partial charge in [-0.1, -0.05) is 0 Å². The van der Waals surface area contributed by atoms with Gasteiger partial charge in [0.1, 0.15) is 16.9 Å². The van der Waals surface area contributed by atoms with E-state index in [2.05, 4.69) is 44.1 Å². The van der Waals surface area contributed by atoms with Crippen LogP contribution in [0.5, 0.6) is 0 Å². The van der Waals surface area contributed by atoms with Gasteiger partial charge in [-0.25, -0.2) is 23.3 Å². The number of anilines is 2. The Labute approximate surface area is 213 Å². The first kappa shape index (κ1) is 24.0. The second-order valence-corrected chi connectivity index (χ2v) is 10.1. The molecule has 2 fully saturated rings. The molecule has 0 radical (unpaired) electrons. The fourth-order valence-electron chi connectivity index (χ4n) is 5.37. The number of hydrogen-bond donors (Lipinski definition) is 2. The maximum atomic E-state index is 15.0. The molecule has 2 aliphatic rings. The molecule has 0 aromatic carbocycles. The van der Waals surface area contributed by atoms with Crippen molar-refractivity contribution in [2.45, 2.75) is 51.2 Å². The average Bonchev–Trinajstić information content (AvgIpc) is 3.38. The van der Waals surface area contributed by atoms with Gasteiger partial charge in [0.05, 0.1) is 37.5 Å². The van der Waals surface area contributed by atoms with E-state index in [9.17, 15) is 0 Å². The smallest absolute Gasteiger partial charge is 0.280 e. The Morgan fingerprint density at radius 1 is 1.14 bits per heavy atom. The van der Waals surface area contributed by atoms with Gasteiger partial charge >= 0.3 is 0 Å². The minimum Gasteiger partial charge on any atom is -0.378 e. The summed E-state index contributed by atoms with van der Waals surface area (Å²) < 4.78 is 39.0. The number of ether oxygens (including phenoxy) is 1. The highest BCUT2D eigenvalue weighted by Gasteiger charge is 2.47. The van der Waals surface area contributed by atoms with Crippen molar-refractivity contribution in [2.24, 2.45) is 0 Å². The summed E-state index contributed by atoms with van der Waals surface area (Å²) >= 11 is 0. The van der Waals surface area contributed by atoms with Gasteiger partial charge in [0, 0.05) is 31.4 Å². The van der Waals surface area contributed by atoms with Gasteiger partial charge in [0.15, 0.2) is 11.5 Å². The third kappa shape index (κ3) is 4.08. The molecular weight excluding hydrogens is 480 g/mol. The Bertz CT molecular complexity index is 1460. The van der Waals surface area contributed by atoms with Crippen molar-refractivity contribution in [1.82, 2.24) is 34.0 Å². The Morgan fingerprint density at radius 3 is 2.62 bits per heavy atom. The number of alkyl halides is 2. The van der Waals surface area contributed by atoms with Crippen LogP contribution in [-0.4, -0.2) is 85.4 Å². The number of likely N-dealkylation sites (tertiary alicyclic amines) is 1. The zero-order valence-electron chi connectivity index (χ0n) is 21.4. The van der Waals surface area contributed by atoms with E-state index in [-0.39, 0.29) is 24.6 Å². The van der Waals surface area contributed by atoms with Crippen LogP contribution in [0.3, 0.4) is 0 Å². The summed E-state index contributed by atoms with van der Waals surface area (Å²) in [5.74, 6) is -1.32. The number of hydrogen-bond acceptors (Lipinski definition) is 8. The lowest BCUT2D eigenvalue weighted by Gasteiger charge is -2.44. The van der Waals surface area contributed by atoms with Crippen molar-refractivity contribution in [3.05, 3.63) is 30.2 Å². The first-order valence-corrected chi connectivity index (χ1v) is 12.6. The molecule has 2 aliphatic heterocycles. The third-order valence-electron chi connectivity index (χ3n) is 7.32. The van der Waals surface area contributed by atoms with Crippen molar-refractivity contribution >= 4 is 28.4 Å². The summed E-state index contributed by atoms with van der Waals surface area (Å²) in [5, 5.41) is 10.5. The second kappa shape index (κ2) is 8.88. The highest BCUT2D eigenvalue weighted by Crippen LogP contribution is 2.34. The number of aromatic nitrogens is 6. The van der Waals surface area contributed by atoms with Crippen LogP contribution in [0.2, 0.25) is 0 Å². The summed E-state index contributed by atoms with van der Waals surface area (Å²) in [7, 11) is 1.75. The van der Waals surface area contributed by atoms with Gasteiger partial charge in [-0.3, -0.25) is 4.90 Å². The SMILES string of the molecule is CNc1nc(N[C@H]2CCN(C3COC3)CC2(F)F)nn2ccc(-c3ccc4nc(C)n(C(C)C)c4n3)c12. The molecule has 0 unspecified atom stereocenters. The number of nitrogens with one attached hydrogen (secondary N) is 2. The highest BCUT2D eigenvalue weighted by molar-refractivity contribution is 5.89. The Hall–Kier alpha value is -3.38. The topological polar surface area (TPSA) is 97.4 Å².